The Labute approximate surface area is 157 Å². The van der Waals surface area contributed by atoms with E-state index in [1.54, 1.807) is 11.8 Å². The van der Waals surface area contributed by atoms with Crippen molar-refractivity contribution in [2.45, 2.75) is 26.8 Å². The molecule has 2 aromatic heterocycles. The molecule has 0 radical (unpaired) electrons. The van der Waals surface area contributed by atoms with E-state index in [0.717, 1.165) is 19.2 Å². The van der Waals surface area contributed by atoms with Crippen LogP contribution in [0.15, 0.2) is 9.05 Å². The normalized spacial score (nSPS) is 16.5. The molecule has 0 unspecified atom stereocenters. The van der Waals surface area contributed by atoms with E-state index in [-0.39, 0.29) is 5.91 Å². The summed E-state index contributed by atoms with van der Waals surface area (Å²) in [6.45, 7) is 6.48. The molecule has 2 aromatic rings. The predicted octanol–water partition coefficient (Wildman–Crippen LogP) is 0.420. The van der Waals surface area contributed by atoms with Crippen LogP contribution in [0.5, 0.6) is 0 Å². The molecule has 1 saturated heterocycles. The van der Waals surface area contributed by atoms with Crippen LogP contribution in [-0.2, 0) is 21.2 Å². The van der Waals surface area contributed by atoms with Gasteiger partial charge in [-0.2, -0.15) is 4.98 Å². The van der Waals surface area contributed by atoms with Gasteiger partial charge in [-0.3, -0.25) is 9.69 Å². The van der Waals surface area contributed by atoms with Crippen LogP contribution in [-0.4, -0.2) is 77.6 Å². The first-order chi connectivity index (χ1) is 12.7. The monoisotopic (exact) mass is 397 g/mol. The van der Waals surface area contributed by atoms with Crippen LogP contribution in [0.2, 0.25) is 0 Å². The number of hydrogen-bond donors (Lipinski definition) is 0. The van der Waals surface area contributed by atoms with Crippen molar-refractivity contribution in [1.82, 2.24) is 25.1 Å². The Kier molecular flexibility index (Phi) is 5.61. The highest BCUT2D eigenvalue weighted by atomic mass is 32.2. The van der Waals surface area contributed by atoms with E-state index >= 15 is 0 Å². The summed E-state index contributed by atoms with van der Waals surface area (Å²) in [5, 5.41) is 7.91. The van der Waals surface area contributed by atoms with E-state index < -0.39 is 15.6 Å². The average molecular weight is 397 g/mol. The minimum Gasteiger partial charge on any atom is -0.361 e. The quantitative estimate of drug-likeness (QED) is 0.706. The highest BCUT2D eigenvalue weighted by molar-refractivity contribution is 7.91. The summed E-state index contributed by atoms with van der Waals surface area (Å²) in [5.41, 5.74) is 1.40. The number of carbonyl (C=O) groups is 1. The summed E-state index contributed by atoms with van der Waals surface area (Å²) in [4.78, 5) is 20.3. The lowest BCUT2D eigenvalue weighted by molar-refractivity contribution is -0.128. The molecule has 0 bridgehead atoms. The Bertz CT molecular complexity index is 900. The molecule has 1 aliphatic rings. The first-order valence-corrected chi connectivity index (χ1v) is 10.7. The molecule has 0 spiro atoms. The largest absolute Gasteiger partial charge is 0.361 e. The molecule has 10 nitrogen and oxygen atoms in total. The Hall–Kier alpha value is -2.27. The van der Waals surface area contributed by atoms with E-state index in [4.69, 9.17) is 9.05 Å². The van der Waals surface area contributed by atoms with Crippen molar-refractivity contribution in [2.24, 2.45) is 0 Å². The molecular formula is C16H23N5O5S. The number of sulfone groups is 1. The van der Waals surface area contributed by atoms with Crippen LogP contribution in [0.3, 0.4) is 0 Å². The van der Waals surface area contributed by atoms with Gasteiger partial charge in [0.25, 0.3) is 5.89 Å². The zero-order valence-electron chi connectivity index (χ0n) is 15.6. The van der Waals surface area contributed by atoms with Gasteiger partial charge in [-0.1, -0.05) is 10.3 Å². The molecule has 148 valence electrons. The van der Waals surface area contributed by atoms with Gasteiger partial charge in [0.1, 0.15) is 17.1 Å². The number of aromatic nitrogens is 3. The Morgan fingerprint density at radius 2 is 1.89 bits per heavy atom. The SMILES string of the molecule is Cc1noc(C)c1-c1nc(CN2CCCN(C(=O)CS(C)(=O)=O)CC2)no1. The van der Waals surface area contributed by atoms with Crippen LogP contribution in [0.25, 0.3) is 11.5 Å². The number of carbonyl (C=O) groups excluding carboxylic acids is 1. The summed E-state index contributed by atoms with van der Waals surface area (Å²) >= 11 is 0. The van der Waals surface area contributed by atoms with Gasteiger partial charge in [0.15, 0.2) is 15.7 Å². The third-order valence-electron chi connectivity index (χ3n) is 4.41. The van der Waals surface area contributed by atoms with Gasteiger partial charge in [-0.15, -0.1) is 0 Å². The van der Waals surface area contributed by atoms with E-state index in [0.29, 0.717) is 54.9 Å². The van der Waals surface area contributed by atoms with Crippen molar-refractivity contribution in [1.29, 1.82) is 0 Å². The average Bonchev–Trinajstić information content (AvgIpc) is 3.05. The first-order valence-electron chi connectivity index (χ1n) is 8.66. The third kappa shape index (κ3) is 4.92. The van der Waals surface area contributed by atoms with Crippen molar-refractivity contribution in [3.05, 3.63) is 17.3 Å². The number of rotatable bonds is 5. The molecule has 0 atom stereocenters. The second-order valence-corrected chi connectivity index (χ2v) is 8.94. The van der Waals surface area contributed by atoms with Crippen LogP contribution in [0.4, 0.5) is 0 Å². The van der Waals surface area contributed by atoms with E-state index in [2.05, 4.69) is 20.2 Å². The predicted molar refractivity (Wildman–Crippen MR) is 95.5 cm³/mol. The topological polar surface area (TPSA) is 123 Å². The summed E-state index contributed by atoms with van der Waals surface area (Å²) < 4.78 is 33.1. The summed E-state index contributed by atoms with van der Waals surface area (Å²) in [6.07, 6.45) is 1.83. The summed E-state index contributed by atoms with van der Waals surface area (Å²) in [5.74, 6) is 0.748. The van der Waals surface area contributed by atoms with Crippen molar-refractivity contribution in [3.63, 3.8) is 0 Å². The fourth-order valence-electron chi connectivity index (χ4n) is 3.10. The number of nitrogens with zero attached hydrogens (tertiary/aromatic N) is 5. The van der Waals surface area contributed by atoms with Gasteiger partial charge in [-0.05, 0) is 20.3 Å². The minimum atomic E-state index is -3.32. The Morgan fingerprint density at radius 3 is 2.56 bits per heavy atom. The highest BCUT2D eigenvalue weighted by Gasteiger charge is 2.23. The molecule has 0 N–H and O–H groups in total. The van der Waals surface area contributed by atoms with Crippen molar-refractivity contribution < 1.29 is 22.3 Å². The van der Waals surface area contributed by atoms with E-state index in [1.807, 2.05) is 6.92 Å². The van der Waals surface area contributed by atoms with E-state index in [1.165, 1.54) is 0 Å². The number of hydrogen-bond acceptors (Lipinski definition) is 9. The highest BCUT2D eigenvalue weighted by Crippen LogP contribution is 2.25. The van der Waals surface area contributed by atoms with Gasteiger partial charge in [0.05, 0.1) is 12.2 Å². The molecule has 27 heavy (non-hydrogen) atoms. The van der Waals surface area contributed by atoms with Gasteiger partial charge >= 0.3 is 0 Å². The van der Waals surface area contributed by atoms with Gasteiger partial charge in [0.2, 0.25) is 5.91 Å². The fraction of sp³-hybridized carbons (Fsp3) is 0.625. The van der Waals surface area contributed by atoms with Crippen LogP contribution >= 0.6 is 0 Å². The van der Waals surface area contributed by atoms with Crippen molar-refractivity contribution >= 4 is 15.7 Å². The third-order valence-corrected chi connectivity index (χ3v) is 5.18. The lowest BCUT2D eigenvalue weighted by atomic mass is 10.2. The van der Waals surface area contributed by atoms with Crippen molar-refractivity contribution in [2.75, 3.05) is 38.2 Å². The summed E-state index contributed by atoms with van der Waals surface area (Å²) in [7, 11) is -3.32. The molecule has 0 saturated carbocycles. The standard InChI is InChI=1S/C16H23N5O5S/c1-11-15(12(2)25-18-11)16-17-13(19-26-16)9-20-5-4-6-21(8-7-20)14(22)10-27(3,23)24/h4-10H2,1-3H3. The molecule has 1 amide bonds. The molecule has 1 aliphatic heterocycles. The second-order valence-electron chi connectivity index (χ2n) is 6.80. The van der Waals surface area contributed by atoms with E-state index in [9.17, 15) is 13.2 Å². The molecule has 3 heterocycles. The van der Waals surface area contributed by atoms with Crippen molar-refractivity contribution in [3.8, 4) is 11.5 Å². The van der Waals surface area contributed by atoms with Gasteiger partial charge in [-0.25, -0.2) is 8.42 Å². The lowest BCUT2D eigenvalue weighted by Crippen LogP contribution is -2.38. The molecule has 0 aromatic carbocycles. The maximum atomic E-state index is 12.1. The Balaban J connectivity index is 1.60. The zero-order valence-corrected chi connectivity index (χ0v) is 16.5. The zero-order chi connectivity index (χ0) is 19.6. The molecule has 0 aliphatic carbocycles. The molecule has 3 rings (SSSR count). The van der Waals surface area contributed by atoms with Crippen LogP contribution in [0.1, 0.15) is 23.7 Å². The molecule has 11 heteroatoms. The maximum absolute atomic E-state index is 12.1. The summed E-state index contributed by atoms with van der Waals surface area (Å²) in [6, 6.07) is 0. The number of amides is 1. The smallest absolute Gasteiger partial charge is 0.263 e. The number of aryl methyl sites for hydroxylation is 2. The molecular weight excluding hydrogens is 374 g/mol. The molecule has 1 fully saturated rings. The van der Waals surface area contributed by atoms with Gasteiger partial charge in [0, 0.05) is 32.4 Å². The minimum absolute atomic E-state index is 0.348. The van der Waals surface area contributed by atoms with Crippen LogP contribution in [0, 0.1) is 13.8 Å². The lowest BCUT2D eigenvalue weighted by Gasteiger charge is -2.20. The second kappa shape index (κ2) is 7.77. The van der Waals surface area contributed by atoms with Crippen LogP contribution < -0.4 is 0 Å². The van der Waals surface area contributed by atoms with Gasteiger partial charge < -0.3 is 13.9 Å². The Morgan fingerprint density at radius 1 is 1.11 bits per heavy atom. The first kappa shape index (κ1) is 19.5. The fourth-order valence-corrected chi connectivity index (χ4v) is 3.73. The maximum Gasteiger partial charge on any atom is 0.263 e.